The average molecular weight is 508 g/mol. The number of halogens is 2. The minimum absolute atomic E-state index is 0.0670. The monoisotopic (exact) mass is 507 g/mol. The van der Waals surface area contributed by atoms with Crippen LogP contribution >= 0.6 is 0 Å². The zero-order chi connectivity index (χ0) is 26.8. The highest BCUT2D eigenvalue weighted by Gasteiger charge is 2.48. The molecule has 1 amide bonds. The van der Waals surface area contributed by atoms with Crippen LogP contribution in [0.3, 0.4) is 0 Å². The summed E-state index contributed by atoms with van der Waals surface area (Å²) in [6.45, 7) is 4.30. The van der Waals surface area contributed by atoms with Crippen LogP contribution in [-0.2, 0) is 4.74 Å². The second-order valence-corrected chi connectivity index (χ2v) is 9.73. The van der Waals surface area contributed by atoms with E-state index < -0.39 is 30.3 Å². The summed E-state index contributed by atoms with van der Waals surface area (Å²) in [5, 5.41) is 9.85. The molecule has 0 spiro atoms. The maximum absolute atomic E-state index is 15.1. The number of ether oxygens (including phenoxy) is 2. The first-order chi connectivity index (χ1) is 17.5. The predicted octanol–water partition coefficient (Wildman–Crippen LogP) is 5.29. The Morgan fingerprint density at radius 2 is 1.95 bits per heavy atom. The van der Waals surface area contributed by atoms with Gasteiger partial charge in [-0.05, 0) is 39.0 Å². The van der Waals surface area contributed by atoms with Crippen LogP contribution in [0.2, 0.25) is 0 Å². The third kappa shape index (κ3) is 5.94. The molecule has 8 nitrogen and oxygen atoms in total. The number of piperidine rings is 1. The number of anilines is 1. The summed E-state index contributed by atoms with van der Waals surface area (Å²) in [6.07, 6.45) is -0.800. The van der Waals surface area contributed by atoms with E-state index in [1.807, 2.05) is 0 Å². The molecule has 1 aliphatic rings. The highest BCUT2D eigenvalue weighted by atomic mass is 19.3. The van der Waals surface area contributed by atoms with E-state index in [-0.39, 0.29) is 24.7 Å². The molecule has 3 aromatic rings. The lowest BCUT2D eigenvalue weighted by Crippen LogP contribution is -2.56. The van der Waals surface area contributed by atoms with Gasteiger partial charge >= 0.3 is 12.0 Å². The van der Waals surface area contributed by atoms with Crippen LogP contribution < -0.4 is 10.5 Å². The average Bonchev–Trinajstić information content (AvgIpc) is 2.84. The summed E-state index contributed by atoms with van der Waals surface area (Å²) in [4.78, 5) is 21.4. The van der Waals surface area contributed by atoms with Crippen LogP contribution in [0, 0.1) is 11.3 Å². The molecular formula is C27H27F2N5O3. The first kappa shape index (κ1) is 25.8. The van der Waals surface area contributed by atoms with Crippen molar-refractivity contribution in [1.29, 1.82) is 5.26 Å². The van der Waals surface area contributed by atoms with Crippen molar-refractivity contribution in [2.45, 2.75) is 44.8 Å². The minimum Gasteiger partial charge on any atom is -0.483 e. The predicted molar refractivity (Wildman–Crippen MR) is 134 cm³/mol. The van der Waals surface area contributed by atoms with Crippen molar-refractivity contribution in [3.63, 3.8) is 0 Å². The molecule has 37 heavy (non-hydrogen) atoms. The number of nitrogens with two attached hydrogens (primary N) is 1. The van der Waals surface area contributed by atoms with Gasteiger partial charge in [-0.2, -0.15) is 5.26 Å². The number of carbonyl (C=O) groups excluding carboxylic acids is 1. The van der Waals surface area contributed by atoms with Gasteiger partial charge in [-0.1, -0.05) is 30.3 Å². The number of amides is 1. The quantitative estimate of drug-likeness (QED) is 0.510. The highest BCUT2D eigenvalue weighted by Crippen LogP contribution is 2.38. The van der Waals surface area contributed by atoms with Crippen LogP contribution in [0.5, 0.6) is 5.75 Å². The second-order valence-electron chi connectivity index (χ2n) is 9.73. The lowest BCUT2D eigenvalue weighted by atomic mass is 9.96. The number of likely N-dealkylation sites (tertiary alicyclic amines) is 1. The Morgan fingerprint density at radius 1 is 1.19 bits per heavy atom. The standard InChI is InChI=1S/C27H27F2N5O3/c1-26(2,3)37-25(35)34-13-11-23(27(28,29)16-34)36-22-7-5-4-6-20(22)19-9-8-17(14-18(19)15-30)21-10-12-32-24(31)33-21/h4-10,12,14,23H,11,13,16H2,1-3H3,(H2,31,32,33). The van der Waals surface area contributed by atoms with Crippen molar-refractivity contribution in [3.8, 4) is 34.2 Å². The van der Waals surface area contributed by atoms with E-state index in [0.717, 1.165) is 4.90 Å². The molecular weight excluding hydrogens is 480 g/mol. The molecule has 0 bridgehead atoms. The van der Waals surface area contributed by atoms with Crippen LogP contribution in [0.1, 0.15) is 32.8 Å². The maximum Gasteiger partial charge on any atom is 0.410 e. The number of rotatable bonds is 4. The maximum atomic E-state index is 15.1. The molecule has 1 fully saturated rings. The molecule has 192 valence electrons. The zero-order valence-electron chi connectivity index (χ0n) is 20.7. The minimum atomic E-state index is -3.31. The fourth-order valence-corrected chi connectivity index (χ4v) is 4.06. The molecule has 1 unspecified atom stereocenters. The fraction of sp³-hybridized carbons (Fsp3) is 0.333. The van der Waals surface area contributed by atoms with Crippen LogP contribution in [0.4, 0.5) is 19.5 Å². The number of benzene rings is 2. The first-order valence-electron chi connectivity index (χ1n) is 11.7. The number of hydrogen-bond donors (Lipinski definition) is 1. The number of nitriles is 1. The van der Waals surface area contributed by atoms with Gasteiger partial charge < -0.3 is 20.1 Å². The molecule has 1 aliphatic heterocycles. The Hall–Kier alpha value is -4.26. The van der Waals surface area contributed by atoms with Crippen molar-refractivity contribution < 1.29 is 23.0 Å². The normalized spacial score (nSPS) is 17.1. The van der Waals surface area contributed by atoms with Gasteiger partial charge in [-0.15, -0.1) is 0 Å². The summed E-state index contributed by atoms with van der Waals surface area (Å²) in [7, 11) is 0. The van der Waals surface area contributed by atoms with Crippen LogP contribution in [0.25, 0.3) is 22.4 Å². The summed E-state index contributed by atoms with van der Waals surface area (Å²) < 4.78 is 41.3. The smallest absolute Gasteiger partial charge is 0.410 e. The second kappa shape index (κ2) is 10.0. The summed E-state index contributed by atoms with van der Waals surface area (Å²) >= 11 is 0. The number of carbonyl (C=O) groups is 1. The van der Waals surface area contributed by atoms with Crippen molar-refractivity contribution in [2.75, 3.05) is 18.8 Å². The number of alkyl halides is 2. The van der Waals surface area contributed by atoms with E-state index in [4.69, 9.17) is 15.2 Å². The van der Waals surface area contributed by atoms with Crippen molar-refractivity contribution in [3.05, 3.63) is 60.3 Å². The topological polar surface area (TPSA) is 114 Å². The molecule has 1 saturated heterocycles. The molecule has 4 rings (SSSR count). The molecule has 2 N–H and O–H groups in total. The van der Waals surface area contributed by atoms with Crippen molar-refractivity contribution in [2.24, 2.45) is 0 Å². The van der Waals surface area contributed by atoms with Crippen molar-refractivity contribution in [1.82, 2.24) is 14.9 Å². The SMILES string of the molecule is CC(C)(C)OC(=O)N1CCC(Oc2ccccc2-c2ccc(-c3ccnc(N)n3)cc2C#N)C(F)(F)C1. The number of nitrogen functional groups attached to an aromatic ring is 1. The van der Waals surface area contributed by atoms with Gasteiger partial charge in [0.2, 0.25) is 5.95 Å². The largest absolute Gasteiger partial charge is 0.483 e. The molecule has 0 radical (unpaired) electrons. The van der Waals surface area contributed by atoms with Gasteiger partial charge in [0.05, 0.1) is 23.9 Å². The summed E-state index contributed by atoms with van der Waals surface area (Å²) in [5.74, 6) is -2.98. The van der Waals surface area contributed by atoms with E-state index >= 15 is 8.78 Å². The molecule has 2 aromatic carbocycles. The van der Waals surface area contributed by atoms with E-state index in [0.29, 0.717) is 27.9 Å². The van der Waals surface area contributed by atoms with Gasteiger partial charge in [0.25, 0.3) is 0 Å². The molecule has 1 atom stereocenters. The number of aromatic nitrogens is 2. The zero-order valence-corrected chi connectivity index (χ0v) is 20.7. The number of nitrogens with zero attached hydrogens (tertiary/aromatic N) is 4. The Balaban J connectivity index is 1.58. The fourth-order valence-electron chi connectivity index (χ4n) is 4.06. The number of hydrogen-bond acceptors (Lipinski definition) is 7. The highest BCUT2D eigenvalue weighted by molar-refractivity contribution is 5.79. The molecule has 2 heterocycles. The first-order valence-corrected chi connectivity index (χ1v) is 11.7. The lowest BCUT2D eigenvalue weighted by Gasteiger charge is -2.38. The summed E-state index contributed by atoms with van der Waals surface area (Å²) in [5.41, 5.74) is 7.45. The lowest BCUT2D eigenvalue weighted by molar-refractivity contribution is -0.137. The van der Waals surface area contributed by atoms with Gasteiger partial charge in [0, 0.05) is 35.9 Å². The van der Waals surface area contributed by atoms with Gasteiger partial charge in [-0.25, -0.2) is 23.5 Å². The van der Waals surface area contributed by atoms with Gasteiger partial charge in [0.1, 0.15) is 11.4 Å². The van der Waals surface area contributed by atoms with E-state index in [9.17, 15) is 10.1 Å². The third-order valence-electron chi connectivity index (χ3n) is 5.74. The van der Waals surface area contributed by atoms with Crippen molar-refractivity contribution >= 4 is 12.0 Å². The van der Waals surface area contributed by atoms with E-state index in [2.05, 4.69) is 16.0 Å². The summed E-state index contributed by atoms with van der Waals surface area (Å²) in [6, 6.07) is 15.7. The van der Waals surface area contributed by atoms with Crippen LogP contribution in [0.15, 0.2) is 54.7 Å². The molecule has 0 aliphatic carbocycles. The Kier molecular flexibility index (Phi) is 6.99. The number of para-hydroxylation sites is 1. The molecule has 10 heteroatoms. The Bertz CT molecular complexity index is 1350. The Labute approximate surface area is 213 Å². The third-order valence-corrected chi connectivity index (χ3v) is 5.74. The van der Waals surface area contributed by atoms with Crippen LogP contribution in [-0.4, -0.2) is 51.7 Å². The Morgan fingerprint density at radius 3 is 2.62 bits per heavy atom. The van der Waals surface area contributed by atoms with Gasteiger partial charge in [-0.3, -0.25) is 0 Å². The molecule has 0 saturated carbocycles. The van der Waals surface area contributed by atoms with Gasteiger partial charge in [0.15, 0.2) is 6.10 Å². The molecule has 1 aromatic heterocycles. The van der Waals surface area contributed by atoms with E-state index in [1.54, 1.807) is 69.3 Å². The van der Waals surface area contributed by atoms with E-state index in [1.165, 1.54) is 6.20 Å².